The minimum atomic E-state index is -2.10. The SMILES string of the molecule is C=C=C(C)[C@H](O[Si](C)(C)C(C)(C)C)[C@H]1[C@@H](O)C(=O)N1Cc1ccccc1. The molecular weight excluding hydrogens is 342 g/mol. The van der Waals surface area contributed by atoms with Crippen molar-refractivity contribution in [2.24, 2.45) is 0 Å². The van der Waals surface area contributed by atoms with E-state index in [2.05, 4.69) is 46.2 Å². The smallest absolute Gasteiger partial charge is 0.254 e. The van der Waals surface area contributed by atoms with Gasteiger partial charge >= 0.3 is 0 Å². The Labute approximate surface area is 158 Å². The number of carbonyl (C=O) groups excluding carboxylic acids is 1. The predicted octanol–water partition coefficient (Wildman–Crippen LogP) is 3.88. The number of carbonyl (C=O) groups is 1. The highest BCUT2D eigenvalue weighted by atomic mass is 28.4. The number of hydrogen-bond acceptors (Lipinski definition) is 3. The third-order valence-corrected chi connectivity index (χ3v) is 10.1. The van der Waals surface area contributed by atoms with Crippen LogP contribution in [0.2, 0.25) is 18.1 Å². The largest absolute Gasteiger partial charge is 0.407 e. The fourth-order valence-corrected chi connectivity index (χ4v) is 4.16. The molecule has 1 heterocycles. The lowest BCUT2D eigenvalue weighted by Crippen LogP contribution is -2.70. The van der Waals surface area contributed by atoms with Crippen molar-refractivity contribution in [2.75, 3.05) is 0 Å². The molecular formula is C21H31NO3Si. The van der Waals surface area contributed by atoms with Gasteiger partial charge in [0.15, 0.2) is 14.4 Å². The van der Waals surface area contributed by atoms with E-state index >= 15 is 0 Å². The van der Waals surface area contributed by atoms with Crippen molar-refractivity contribution in [3.05, 3.63) is 53.8 Å². The molecule has 142 valence electrons. The van der Waals surface area contributed by atoms with Crippen LogP contribution in [0, 0.1) is 0 Å². The summed E-state index contributed by atoms with van der Waals surface area (Å²) in [6.07, 6.45) is -1.44. The molecule has 5 heteroatoms. The Kier molecular flexibility index (Phi) is 5.98. The molecule has 1 N–H and O–H groups in total. The van der Waals surface area contributed by atoms with E-state index in [0.29, 0.717) is 6.54 Å². The van der Waals surface area contributed by atoms with Gasteiger partial charge in [-0.05, 0) is 36.2 Å². The summed E-state index contributed by atoms with van der Waals surface area (Å²) in [5, 5.41) is 10.4. The quantitative estimate of drug-likeness (QED) is 0.468. The molecule has 0 unspecified atom stereocenters. The molecule has 0 bridgehead atoms. The van der Waals surface area contributed by atoms with Crippen LogP contribution in [-0.4, -0.2) is 42.5 Å². The number of aliphatic hydroxyl groups is 1. The van der Waals surface area contributed by atoms with Gasteiger partial charge in [-0.25, -0.2) is 0 Å². The van der Waals surface area contributed by atoms with Crippen molar-refractivity contribution in [1.82, 2.24) is 4.90 Å². The van der Waals surface area contributed by atoms with E-state index in [4.69, 9.17) is 4.43 Å². The fraction of sp³-hybridized carbons (Fsp3) is 0.524. The van der Waals surface area contributed by atoms with Crippen LogP contribution in [0.15, 0.2) is 48.2 Å². The summed E-state index contributed by atoms with van der Waals surface area (Å²) in [5.74, 6) is -0.250. The lowest BCUT2D eigenvalue weighted by Gasteiger charge is -2.51. The summed E-state index contributed by atoms with van der Waals surface area (Å²) >= 11 is 0. The maximum Gasteiger partial charge on any atom is 0.254 e. The molecule has 0 saturated carbocycles. The van der Waals surface area contributed by atoms with E-state index in [-0.39, 0.29) is 10.9 Å². The van der Waals surface area contributed by atoms with Crippen molar-refractivity contribution in [3.8, 4) is 0 Å². The van der Waals surface area contributed by atoms with Gasteiger partial charge in [-0.3, -0.25) is 4.79 Å². The van der Waals surface area contributed by atoms with Crippen LogP contribution in [0.4, 0.5) is 0 Å². The van der Waals surface area contributed by atoms with Crippen LogP contribution in [0.3, 0.4) is 0 Å². The molecule has 0 aromatic heterocycles. The number of rotatable bonds is 6. The van der Waals surface area contributed by atoms with Crippen molar-refractivity contribution < 1.29 is 14.3 Å². The highest BCUT2D eigenvalue weighted by Gasteiger charge is 2.53. The van der Waals surface area contributed by atoms with Crippen molar-refractivity contribution >= 4 is 14.2 Å². The number of amides is 1. The molecule has 1 aromatic carbocycles. The molecule has 0 spiro atoms. The lowest BCUT2D eigenvalue weighted by atomic mass is 9.89. The first-order valence-electron chi connectivity index (χ1n) is 9.06. The van der Waals surface area contributed by atoms with E-state index in [0.717, 1.165) is 11.1 Å². The average Bonchev–Trinajstić information content (AvgIpc) is 2.59. The van der Waals surface area contributed by atoms with Gasteiger partial charge in [-0.1, -0.05) is 57.7 Å². The third-order valence-electron chi connectivity index (χ3n) is 5.66. The Hall–Kier alpha value is -1.65. The summed E-state index contributed by atoms with van der Waals surface area (Å²) in [6, 6.07) is 9.39. The number of likely N-dealkylation sites (tertiary alicyclic amines) is 1. The van der Waals surface area contributed by atoms with Crippen molar-refractivity contribution in [3.63, 3.8) is 0 Å². The highest BCUT2D eigenvalue weighted by molar-refractivity contribution is 6.74. The molecule has 1 aliphatic heterocycles. The Morgan fingerprint density at radius 3 is 2.42 bits per heavy atom. The Balaban J connectivity index is 2.31. The van der Waals surface area contributed by atoms with E-state index < -0.39 is 26.6 Å². The Morgan fingerprint density at radius 2 is 1.92 bits per heavy atom. The maximum atomic E-state index is 12.3. The molecule has 1 aliphatic rings. The number of nitrogens with zero attached hydrogens (tertiary/aromatic N) is 1. The average molecular weight is 374 g/mol. The van der Waals surface area contributed by atoms with Crippen LogP contribution >= 0.6 is 0 Å². The summed E-state index contributed by atoms with van der Waals surface area (Å²) in [7, 11) is -2.10. The predicted molar refractivity (Wildman–Crippen MR) is 107 cm³/mol. The second-order valence-corrected chi connectivity index (χ2v) is 13.3. The minimum absolute atomic E-state index is 0.0235. The van der Waals surface area contributed by atoms with E-state index in [1.54, 1.807) is 4.90 Å². The first kappa shape index (κ1) is 20.7. The molecule has 0 radical (unpaired) electrons. The molecule has 26 heavy (non-hydrogen) atoms. The third kappa shape index (κ3) is 4.02. The molecule has 0 aliphatic carbocycles. The lowest BCUT2D eigenvalue weighted by molar-refractivity contribution is -0.175. The minimum Gasteiger partial charge on any atom is -0.407 e. The molecule has 2 rings (SSSR count). The molecule has 1 amide bonds. The van der Waals surface area contributed by atoms with Crippen LogP contribution < -0.4 is 0 Å². The normalized spacial score (nSPS) is 21.8. The monoisotopic (exact) mass is 373 g/mol. The van der Waals surface area contributed by atoms with Gasteiger partial charge in [-0.15, -0.1) is 5.73 Å². The number of aliphatic hydroxyl groups excluding tert-OH is 1. The summed E-state index contributed by atoms with van der Waals surface area (Å²) in [6.45, 7) is 17.0. The van der Waals surface area contributed by atoms with Crippen LogP contribution in [0.1, 0.15) is 33.3 Å². The van der Waals surface area contributed by atoms with Gasteiger partial charge in [-0.2, -0.15) is 0 Å². The zero-order valence-electron chi connectivity index (χ0n) is 16.7. The molecule has 1 saturated heterocycles. The standard InChI is InChI=1S/C21H31NO3Si/c1-8-15(2)19(25-26(6,7)21(3,4)5)17-18(23)20(24)22(17)14-16-12-10-9-11-13-16/h9-13,17-19,23H,1,14H2,2-7H3/t17-,18-,19+/m1/s1. The number of hydrogen-bond donors (Lipinski definition) is 1. The van der Waals surface area contributed by atoms with Gasteiger partial charge in [0, 0.05) is 6.54 Å². The number of β-lactam (4-membered cyclic amide) rings is 1. The first-order valence-corrected chi connectivity index (χ1v) is 12.0. The van der Waals surface area contributed by atoms with E-state index in [1.807, 2.05) is 37.3 Å². The zero-order valence-corrected chi connectivity index (χ0v) is 17.7. The van der Waals surface area contributed by atoms with Crippen molar-refractivity contribution in [1.29, 1.82) is 0 Å². The van der Waals surface area contributed by atoms with Gasteiger partial charge in [0.1, 0.15) is 0 Å². The second-order valence-electron chi connectivity index (χ2n) is 8.55. The Morgan fingerprint density at radius 1 is 1.35 bits per heavy atom. The van der Waals surface area contributed by atoms with Crippen LogP contribution in [0.5, 0.6) is 0 Å². The molecule has 1 aromatic rings. The number of benzene rings is 1. The second kappa shape index (κ2) is 7.53. The van der Waals surface area contributed by atoms with Gasteiger partial charge in [0.05, 0.1) is 12.1 Å². The summed E-state index contributed by atoms with van der Waals surface area (Å²) < 4.78 is 6.59. The molecule has 1 fully saturated rings. The van der Waals surface area contributed by atoms with E-state index in [1.165, 1.54) is 0 Å². The van der Waals surface area contributed by atoms with E-state index in [9.17, 15) is 9.90 Å². The fourth-order valence-electron chi connectivity index (χ4n) is 2.85. The van der Waals surface area contributed by atoms with Gasteiger partial charge < -0.3 is 14.4 Å². The maximum absolute atomic E-state index is 12.3. The summed E-state index contributed by atoms with van der Waals surface area (Å²) in [4.78, 5) is 14.0. The zero-order chi connectivity index (χ0) is 19.7. The van der Waals surface area contributed by atoms with Gasteiger partial charge in [0.2, 0.25) is 0 Å². The van der Waals surface area contributed by atoms with Gasteiger partial charge in [0.25, 0.3) is 5.91 Å². The first-order chi connectivity index (χ1) is 12.0. The van der Waals surface area contributed by atoms with Crippen molar-refractivity contribution in [2.45, 2.75) is 70.6 Å². The Bertz CT molecular complexity index is 702. The van der Waals surface area contributed by atoms with Crippen LogP contribution in [-0.2, 0) is 15.8 Å². The highest BCUT2D eigenvalue weighted by Crippen LogP contribution is 2.40. The topological polar surface area (TPSA) is 49.8 Å². The molecule has 4 nitrogen and oxygen atoms in total. The summed E-state index contributed by atoms with van der Waals surface area (Å²) in [5.41, 5.74) is 4.78. The van der Waals surface area contributed by atoms with Crippen LogP contribution in [0.25, 0.3) is 0 Å². The molecule has 3 atom stereocenters.